The van der Waals surface area contributed by atoms with Crippen LogP contribution < -0.4 is 10.2 Å². The summed E-state index contributed by atoms with van der Waals surface area (Å²) in [6.45, 7) is 10.4. The lowest BCUT2D eigenvalue weighted by atomic mass is 10.1. The minimum Gasteiger partial charge on any atom is -0.355 e. The van der Waals surface area contributed by atoms with Gasteiger partial charge in [-0.3, -0.25) is 14.5 Å². The van der Waals surface area contributed by atoms with Crippen molar-refractivity contribution in [2.45, 2.75) is 46.2 Å². The van der Waals surface area contributed by atoms with E-state index in [9.17, 15) is 9.59 Å². The van der Waals surface area contributed by atoms with E-state index in [4.69, 9.17) is 11.6 Å². The van der Waals surface area contributed by atoms with E-state index in [-0.39, 0.29) is 24.2 Å². The normalized spacial score (nSPS) is 17.8. The highest BCUT2D eigenvalue weighted by Crippen LogP contribution is 2.30. The number of carbonyl (C=O) groups excluding carboxylic acids is 2. The third-order valence-electron chi connectivity index (χ3n) is 4.63. The lowest BCUT2D eigenvalue weighted by Crippen LogP contribution is -2.43. The standard InChI is InChI=1S/C19H28ClN3O2/c1-13(2)22(14(3)4)10-9-21-19(25)15-11-18(24)23(12-15)17-8-6-5-7-16(17)20/h5-8,13-15H,9-12H2,1-4H3,(H,21,25). The van der Waals surface area contributed by atoms with Gasteiger partial charge in [0, 0.05) is 38.1 Å². The van der Waals surface area contributed by atoms with Crippen LogP contribution in [0, 0.1) is 5.92 Å². The van der Waals surface area contributed by atoms with Gasteiger partial charge >= 0.3 is 0 Å². The van der Waals surface area contributed by atoms with Crippen molar-refractivity contribution in [2.75, 3.05) is 24.5 Å². The molecule has 0 radical (unpaired) electrons. The molecule has 6 heteroatoms. The molecule has 2 rings (SSSR count). The first-order chi connectivity index (χ1) is 11.8. The number of carbonyl (C=O) groups is 2. The molecule has 1 aliphatic heterocycles. The zero-order valence-corrected chi connectivity index (χ0v) is 16.2. The third-order valence-corrected chi connectivity index (χ3v) is 4.95. The maximum absolute atomic E-state index is 12.4. The quantitative estimate of drug-likeness (QED) is 0.808. The fraction of sp³-hybridized carbons (Fsp3) is 0.579. The van der Waals surface area contributed by atoms with Crippen molar-refractivity contribution < 1.29 is 9.59 Å². The topological polar surface area (TPSA) is 52.7 Å². The molecule has 1 aliphatic rings. The van der Waals surface area contributed by atoms with Gasteiger partial charge in [0.1, 0.15) is 0 Å². The first kappa shape index (κ1) is 19.7. The number of amides is 2. The lowest BCUT2D eigenvalue weighted by molar-refractivity contribution is -0.126. The Bertz CT molecular complexity index is 610. The van der Waals surface area contributed by atoms with Crippen molar-refractivity contribution in [1.82, 2.24) is 10.2 Å². The van der Waals surface area contributed by atoms with Crippen LogP contribution in [0.15, 0.2) is 24.3 Å². The summed E-state index contributed by atoms with van der Waals surface area (Å²) in [5, 5.41) is 3.51. The minimum absolute atomic E-state index is 0.0563. The van der Waals surface area contributed by atoms with E-state index in [1.807, 2.05) is 18.2 Å². The smallest absolute Gasteiger partial charge is 0.227 e. The van der Waals surface area contributed by atoms with Gasteiger partial charge in [-0.05, 0) is 39.8 Å². The predicted molar refractivity (Wildman–Crippen MR) is 102 cm³/mol. The molecular formula is C19H28ClN3O2. The summed E-state index contributed by atoms with van der Waals surface area (Å²) in [6, 6.07) is 8.09. The molecule has 1 heterocycles. The summed E-state index contributed by atoms with van der Waals surface area (Å²) in [6.07, 6.45) is 0.231. The van der Waals surface area contributed by atoms with Gasteiger partial charge < -0.3 is 10.2 Å². The highest BCUT2D eigenvalue weighted by atomic mass is 35.5. The van der Waals surface area contributed by atoms with E-state index in [1.54, 1.807) is 11.0 Å². The number of nitrogens with zero attached hydrogens (tertiary/aromatic N) is 2. The number of nitrogens with one attached hydrogen (secondary N) is 1. The zero-order chi connectivity index (χ0) is 18.6. The van der Waals surface area contributed by atoms with Crippen LogP contribution in [-0.4, -0.2) is 48.4 Å². The van der Waals surface area contributed by atoms with Crippen LogP contribution in [0.2, 0.25) is 5.02 Å². The number of hydrogen-bond donors (Lipinski definition) is 1. The maximum Gasteiger partial charge on any atom is 0.227 e. The van der Waals surface area contributed by atoms with E-state index in [1.165, 1.54) is 0 Å². The molecule has 1 atom stereocenters. The van der Waals surface area contributed by atoms with Crippen molar-refractivity contribution >= 4 is 29.1 Å². The van der Waals surface area contributed by atoms with Crippen molar-refractivity contribution in [2.24, 2.45) is 5.92 Å². The predicted octanol–water partition coefficient (Wildman–Crippen LogP) is 2.93. The van der Waals surface area contributed by atoms with E-state index in [2.05, 4.69) is 37.9 Å². The van der Waals surface area contributed by atoms with E-state index < -0.39 is 0 Å². The second kappa shape index (κ2) is 8.68. The van der Waals surface area contributed by atoms with E-state index in [0.717, 1.165) is 6.54 Å². The Balaban J connectivity index is 1.89. The Morgan fingerprint density at radius 1 is 1.28 bits per heavy atom. The number of hydrogen-bond acceptors (Lipinski definition) is 3. The van der Waals surface area contributed by atoms with Crippen LogP contribution in [0.3, 0.4) is 0 Å². The van der Waals surface area contributed by atoms with Crippen LogP contribution in [0.25, 0.3) is 0 Å². The van der Waals surface area contributed by atoms with Crippen LogP contribution in [-0.2, 0) is 9.59 Å². The Morgan fingerprint density at radius 2 is 1.92 bits per heavy atom. The van der Waals surface area contributed by atoms with Crippen molar-refractivity contribution in [1.29, 1.82) is 0 Å². The molecule has 138 valence electrons. The summed E-state index contributed by atoms with van der Waals surface area (Å²) < 4.78 is 0. The fourth-order valence-electron chi connectivity index (χ4n) is 3.35. The van der Waals surface area contributed by atoms with Crippen LogP contribution in [0.5, 0.6) is 0 Å². The number of benzene rings is 1. The van der Waals surface area contributed by atoms with Gasteiger partial charge in [-0.25, -0.2) is 0 Å². The summed E-state index contributed by atoms with van der Waals surface area (Å²) >= 11 is 6.17. The monoisotopic (exact) mass is 365 g/mol. The van der Waals surface area contributed by atoms with Gasteiger partial charge in [0.25, 0.3) is 0 Å². The molecule has 2 amide bonds. The number of anilines is 1. The summed E-state index contributed by atoms with van der Waals surface area (Å²) in [4.78, 5) is 28.7. The van der Waals surface area contributed by atoms with Crippen LogP contribution in [0.4, 0.5) is 5.69 Å². The molecule has 0 aliphatic carbocycles. The second-order valence-corrected chi connectivity index (χ2v) is 7.48. The molecule has 5 nitrogen and oxygen atoms in total. The molecule has 1 N–H and O–H groups in total. The summed E-state index contributed by atoms with van der Waals surface area (Å²) in [5.74, 6) is -0.440. The molecule has 25 heavy (non-hydrogen) atoms. The van der Waals surface area contributed by atoms with Gasteiger partial charge in [0.05, 0.1) is 16.6 Å². The van der Waals surface area contributed by atoms with E-state index >= 15 is 0 Å². The first-order valence-electron chi connectivity index (χ1n) is 8.89. The molecule has 0 bridgehead atoms. The number of para-hydroxylation sites is 1. The van der Waals surface area contributed by atoms with Crippen molar-refractivity contribution in [3.8, 4) is 0 Å². The molecule has 1 aromatic carbocycles. The number of rotatable bonds is 7. The molecule has 1 saturated heterocycles. The van der Waals surface area contributed by atoms with Gasteiger partial charge in [-0.15, -0.1) is 0 Å². The second-order valence-electron chi connectivity index (χ2n) is 7.07. The summed E-state index contributed by atoms with van der Waals surface area (Å²) in [5.41, 5.74) is 0.676. The van der Waals surface area contributed by atoms with Crippen molar-refractivity contribution in [3.05, 3.63) is 29.3 Å². The van der Waals surface area contributed by atoms with Gasteiger partial charge in [0.15, 0.2) is 0 Å². The Kier molecular flexibility index (Phi) is 6.85. The van der Waals surface area contributed by atoms with Gasteiger partial charge in [-0.1, -0.05) is 23.7 Å². The fourth-order valence-corrected chi connectivity index (χ4v) is 3.59. The van der Waals surface area contributed by atoms with Crippen LogP contribution >= 0.6 is 11.6 Å². The molecule has 0 saturated carbocycles. The summed E-state index contributed by atoms with van der Waals surface area (Å²) in [7, 11) is 0. The largest absolute Gasteiger partial charge is 0.355 e. The SMILES string of the molecule is CC(C)N(CCNC(=O)C1CC(=O)N(c2ccccc2Cl)C1)C(C)C. The third kappa shape index (κ3) is 4.95. The Morgan fingerprint density at radius 3 is 2.52 bits per heavy atom. The highest BCUT2D eigenvalue weighted by Gasteiger charge is 2.35. The zero-order valence-electron chi connectivity index (χ0n) is 15.5. The first-order valence-corrected chi connectivity index (χ1v) is 9.27. The average molecular weight is 366 g/mol. The molecule has 1 aromatic rings. The molecule has 1 fully saturated rings. The molecule has 0 spiro atoms. The lowest BCUT2D eigenvalue weighted by Gasteiger charge is -2.30. The minimum atomic E-state index is -0.324. The van der Waals surface area contributed by atoms with Crippen molar-refractivity contribution in [3.63, 3.8) is 0 Å². The van der Waals surface area contributed by atoms with Gasteiger partial charge in [0.2, 0.25) is 11.8 Å². The van der Waals surface area contributed by atoms with Crippen LogP contribution in [0.1, 0.15) is 34.1 Å². The molecule has 0 aromatic heterocycles. The Hall–Kier alpha value is -1.59. The van der Waals surface area contributed by atoms with Gasteiger partial charge in [-0.2, -0.15) is 0 Å². The number of halogens is 1. The highest BCUT2D eigenvalue weighted by molar-refractivity contribution is 6.33. The molecule has 1 unspecified atom stereocenters. The Labute approximate surface area is 155 Å². The molecular weight excluding hydrogens is 338 g/mol. The maximum atomic E-state index is 12.4. The average Bonchev–Trinajstić information content (AvgIpc) is 2.93. The van der Waals surface area contributed by atoms with E-state index in [0.29, 0.717) is 35.9 Å².